The molecule has 350 valence electrons. The van der Waals surface area contributed by atoms with Crippen LogP contribution < -0.4 is 15.4 Å². The Labute approximate surface area is 408 Å². The Hall–Kier alpha value is -6.49. The van der Waals surface area contributed by atoms with Gasteiger partial charge >= 0.3 is 0 Å². The number of thiazole rings is 1. The van der Waals surface area contributed by atoms with Crippen LogP contribution in [0.4, 0.5) is 0 Å². The van der Waals surface area contributed by atoms with E-state index in [1.807, 2.05) is 111 Å². The molecule has 0 bridgehead atoms. The maximum absolute atomic E-state index is 14.3. The van der Waals surface area contributed by atoms with Crippen molar-refractivity contribution >= 4 is 57.7 Å². The smallest absolute Gasteiger partial charge is 0.248 e. The van der Waals surface area contributed by atoms with Gasteiger partial charge in [0.2, 0.25) is 17.7 Å². The van der Waals surface area contributed by atoms with Crippen LogP contribution >= 0.6 is 34.3 Å². The number of likely N-dealkylation sites (tertiary alicyclic amines) is 1. The molecule has 2 N–H and O–H groups in total. The van der Waals surface area contributed by atoms with Gasteiger partial charge in [-0.25, -0.2) is 4.98 Å². The molecule has 6 heterocycles. The summed E-state index contributed by atoms with van der Waals surface area (Å²) in [7, 11) is 0. The summed E-state index contributed by atoms with van der Waals surface area (Å²) in [4.78, 5) is 55.2. The first-order chi connectivity index (χ1) is 32.7. The molecule has 4 atom stereocenters. The molecule has 0 unspecified atom stereocenters. The zero-order valence-corrected chi connectivity index (χ0v) is 41.4. The molecule has 1 saturated heterocycles. The van der Waals surface area contributed by atoms with Crippen molar-refractivity contribution in [3.8, 4) is 26.9 Å². The Morgan fingerprint density at radius 1 is 0.882 bits per heavy atom. The van der Waals surface area contributed by atoms with Crippen molar-refractivity contribution in [3.05, 3.63) is 146 Å². The van der Waals surface area contributed by atoms with Crippen LogP contribution in [-0.4, -0.2) is 70.4 Å². The van der Waals surface area contributed by atoms with Gasteiger partial charge in [-0.15, -0.1) is 32.9 Å². The SMILES string of the molecule is Cc1ncsc1-c1ccc(CNC(=O)[C@@H]2C[C@@H](C)CN2C(=O)[C@@H](C(C)C)n2cc(Oc3ccc(CNC(=O)C[C@@H]4N=C(c5ccc(Cl)cc5)c5c(sc(C)c5C)-n5c(C)nnc54)cc3)cn2)cc1. The minimum Gasteiger partial charge on any atom is -0.454 e. The van der Waals surface area contributed by atoms with Crippen molar-refractivity contribution in [1.29, 1.82) is 0 Å². The molecule has 4 aromatic heterocycles. The number of aliphatic imine (C=N–C) groups is 1. The van der Waals surface area contributed by atoms with Gasteiger partial charge in [0.25, 0.3) is 0 Å². The lowest BCUT2D eigenvalue weighted by atomic mass is 9.99. The zero-order valence-electron chi connectivity index (χ0n) is 39.0. The Balaban J connectivity index is 0.818. The van der Waals surface area contributed by atoms with Crippen LogP contribution in [0.15, 0.2) is 95.7 Å². The van der Waals surface area contributed by atoms with Crippen LogP contribution in [0.2, 0.25) is 5.02 Å². The van der Waals surface area contributed by atoms with Crippen LogP contribution in [0.3, 0.4) is 0 Å². The van der Waals surface area contributed by atoms with Crippen molar-refractivity contribution in [1.82, 2.24) is 45.1 Å². The molecule has 0 spiro atoms. The summed E-state index contributed by atoms with van der Waals surface area (Å²) >= 11 is 9.54. The fraction of sp³-hybridized carbons (Fsp3) is 0.333. The van der Waals surface area contributed by atoms with Gasteiger partial charge in [0, 0.05) is 40.7 Å². The number of hydrogen-bond donors (Lipinski definition) is 2. The van der Waals surface area contributed by atoms with E-state index in [2.05, 4.69) is 51.7 Å². The molecule has 2 aliphatic heterocycles. The molecule has 2 aliphatic rings. The molecule has 9 rings (SSSR count). The summed E-state index contributed by atoms with van der Waals surface area (Å²) in [6, 6.07) is 21.4. The highest BCUT2D eigenvalue weighted by molar-refractivity contribution is 7.15. The van der Waals surface area contributed by atoms with E-state index in [4.69, 9.17) is 21.3 Å². The Kier molecular flexibility index (Phi) is 13.4. The third-order valence-electron chi connectivity index (χ3n) is 12.7. The molecule has 3 amide bonds. The predicted molar refractivity (Wildman–Crippen MR) is 266 cm³/mol. The molecule has 0 saturated carbocycles. The summed E-state index contributed by atoms with van der Waals surface area (Å²) in [5.74, 6) is 1.94. The van der Waals surface area contributed by atoms with Gasteiger partial charge in [-0.05, 0) is 92.5 Å². The second-order valence-electron chi connectivity index (χ2n) is 18.0. The highest BCUT2D eigenvalue weighted by Gasteiger charge is 2.42. The van der Waals surface area contributed by atoms with Gasteiger partial charge in [0.05, 0.1) is 40.6 Å². The van der Waals surface area contributed by atoms with Crippen LogP contribution in [0.25, 0.3) is 15.4 Å². The standard InChI is InChI=1S/C51H53ClN10O4S2/c1-28(2)46(50(65)60-25-29(3)20-42(60)49(64)54-23-34-8-12-37(13-9-34)47-31(5)55-27-67-47)61-26-40(24-56-61)66-39-18-10-35(11-19-39)22-53-43(63)21-41-48-59-58-33(7)62(48)51-44(30(4)32(6)68-51)45(57-41)36-14-16-38(52)17-15-36/h8-19,24,26-29,41-42,46H,20-23,25H2,1-7H3,(H,53,63)(H,54,64)/t29-,41+,42+,46-/m1/s1. The highest BCUT2D eigenvalue weighted by Crippen LogP contribution is 2.40. The van der Waals surface area contributed by atoms with Crippen molar-refractivity contribution in [3.63, 3.8) is 0 Å². The number of aromatic nitrogens is 6. The minimum atomic E-state index is -0.643. The van der Waals surface area contributed by atoms with Gasteiger partial charge in [0.1, 0.15) is 34.7 Å². The van der Waals surface area contributed by atoms with Crippen molar-refractivity contribution in [2.24, 2.45) is 16.8 Å². The molecule has 0 aliphatic carbocycles. The number of aryl methyl sites for hydroxylation is 3. The number of halogens is 1. The largest absolute Gasteiger partial charge is 0.454 e. The van der Waals surface area contributed by atoms with Crippen LogP contribution in [0.1, 0.15) is 95.7 Å². The Bertz CT molecular complexity index is 3010. The topological polar surface area (TPSA) is 162 Å². The minimum absolute atomic E-state index is 0.0714. The van der Waals surface area contributed by atoms with Gasteiger partial charge in [-0.1, -0.05) is 80.9 Å². The summed E-state index contributed by atoms with van der Waals surface area (Å²) in [5.41, 5.74) is 9.62. The highest BCUT2D eigenvalue weighted by atomic mass is 35.5. The summed E-state index contributed by atoms with van der Waals surface area (Å²) in [6.07, 6.45) is 3.97. The summed E-state index contributed by atoms with van der Waals surface area (Å²) < 4.78 is 9.87. The lowest BCUT2D eigenvalue weighted by Crippen LogP contribution is -2.48. The zero-order chi connectivity index (χ0) is 47.8. The van der Waals surface area contributed by atoms with Crippen LogP contribution in [-0.2, 0) is 27.5 Å². The molecule has 14 nitrogen and oxygen atoms in total. The lowest BCUT2D eigenvalue weighted by Gasteiger charge is -2.30. The number of hydrogen-bond acceptors (Lipinski definition) is 11. The number of nitrogens with one attached hydrogen (secondary N) is 2. The Morgan fingerprint density at radius 3 is 2.26 bits per heavy atom. The Morgan fingerprint density at radius 2 is 1.57 bits per heavy atom. The van der Waals surface area contributed by atoms with Gasteiger partial charge in [-0.2, -0.15) is 5.10 Å². The van der Waals surface area contributed by atoms with Crippen molar-refractivity contribution < 1.29 is 19.1 Å². The van der Waals surface area contributed by atoms with Gasteiger partial charge in [0.15, 0.2) is 11.6 Å². The number of carbonyl (C=O) groups is 3. The first kappa shape index (κ1) is 46.6. The predicted octanol–water partition coefficient (Wildman–Crippen LogP) is 9.68. The normalized spacial score (nSPS) is 17.0. The molecule has 7 aromatic rings. The second-order valence-corrected chi connectivity index (χ2v) is 20.5. The number of nitrogens with zero attached hydrogens (tertiary/aromatic N) is 8. The molecule has 3 aromatic carbocycles. The van der Waals surface area contributed by atoms with E-state index in [1.165, 1.54) is 4.88 Å². The van der Waals surface area contributed by atoms with Gasteiger partial charge in [-0.3, -0.25) is 28.6 Å². The number of thiophene rings is 1. The van der Waals surface area contributed by atoms with Crippen LogP contribution in [0.5, 0.6) is 11.5 Å². The molecular formula is C51H53ClN10O4S2. The monoisotopic (exact) mass is 968 g/mol. The molecule has 1 fully saturated rings. The maximum atomic E-state index is 14.3. The van der Waals surface area contributed by atoms with E-state index >= 15 is 0 Å². The van der Waals surface area contributed by atoms with E-state index in [0.717, 1.165) is 60.5 Å². The van der Waals surface area contributed by atoms with Crippen molar-refractivity contribution in [2.75, 3.05) is 6.54 Å². The van der Waals surface area contributed by atoms with E-state index in [0.29, 0.717) is 48.4 Å². The molecular weight excluding hydrogens is 916 g/mol. The number of benzene rings is 3. The van der Waals surface area contributed by atoms with E-state index in [1.54, 1.807) is 44.6 Å². The molecule has 68 heavy (non-hydrogen) atoms. The van der Waals surface area contributed by atoms with E-state index in [9.17, 15) is 14.4 Å². The average molecular weight is 970 g/mol. The fourth-order valence-electron chi connectivity index (χ4n) is 8.99. The number of fused-ring (bicyclic) bond motifs is 3. The number of amides is 3. The third kappa shape index (κ3) is 9.62. The van der Waals surface area contributed by atoms with Crippen LogP contribution in [0, 0.1) is 39.5 Å². The number of carbonyl (C=O) groups excluding carboxylic acids is 3. The molecule has 0 radical (unpaired) electrons. The van der Waals surface area contributed by atoms with Gasteiger partial charge < -0.3 is 20.3 Å². The fourth-order valence-corrected chi connectivity index (χ4v) is 11.1. The van der Waals surface area contributed by atoms with E-state index < -0.39 is 18.1 Å². The quantitative estimate of drug-likeness (QED) is 0.109. The lowest BCUT2D eigenvalue weighted by molar-refractivity contribution is -0.142. The summed E-state index contributed by atoms with van der Waals surface area (Å²) in [5, 5.41) is 21.3. The summed E-state index contributed by atoms with van der Waals surface area (Å²) in [6.45, 7) is 15.3. The van der Waals surface area contributed by atoms with Crippen molar-refractivity contribution in [2.45, 2.75) is 92.5 Å². The number of ether oxygens (including phenoxy) is 1. The maximum Gasteiger partial charge on any atom is 0.248 e. The molecule has 17 heteroatoms. The third-order valence-corrected chi connectivity index (χ3v) is 15.1. The number of rotatable bonds is 14. The first-order valence-electron chi connectivity index (χ1n) is 22.7. The van der Waals surface area contributed by atoms with E-state index in [-0.39, 0.29) is 36.0 Å². The second kappa shape index (κ2) is 19.6. The first-order valence-corrected chi connectivity index (χ1v) is 24.8. The average Bonchev–Trinajstić information content (AvgIpc) is 4.16.